The molecule has 5 heteroatoms. The minimum absolute atomic E-state index is 0.552. The van der Waals surface area contributed by atoms with Crippen molar-refractivity contribution in [2.45, 2.75) is 6.42 Å². The first kappa shape index (κ1) is 12.1. The minimum Gasteiger partial charge on any atom is -0.330 e. The lowest BCUT2D eigenvalue weighted by Crippen LogP contribution is -2.09. The Labute approximate surface area is 115 Å². The number of halogens is 1. The molecule has 0 aliphatic heterocycles. The number of nitrogens with two attached hydrogens (primary N) is 1. The zero-order valence-electron chi connectivity index (χ0n) is 10.3. The van der Waals surface area contributed by atoms with Gasteiger partial charge in [-0.2, -0.15) is 0 Å². The van der Waals surface area contributed by atoms with Crippen LogP contribution in [0.5, 0.6) is 0 Å². The molecule has 0 saturated heterocycles. The summed E-state index contributed by atoms with van der Waals surface area (Å²) < 4.78 is 2.03. The monoisotopic (exact) mass is 272 g/mol. The second kappa shape index (κ2) is 4.99. The van der Waals surface area contributed by atoms with Crippen LogP contribution in [0.15, 0.2) is 42.6 Å². The summed E-state index contributed by atoms with van der Waals surface area (Å²) in [6.07, 6.45) is 2.47. The first-order valence-corrected chi connectivity index (χ1v) is 6.46. The van der Waals surface area contributed by atoms with E-state index in [0.717, 1.165) is 22.7 Å². The van der Waals surface area contributed by atoms with Gasteiger partial charge in [0.25, 0.3) is 0 Å². The van der Waals surface area contributed by atoms with E-state index in [4.69, 9.17) is 17.3 Å². The fourth-order valence-electron chi connectivity index (χ4n) is 2.12. The highest BCUT2D eigenvalue weighted by atomic mass is 35.5. The van der Waals surface area contributed by atoms with Gasteiger partial charge in [0.15, 0.2) is 5.65 Å². The van der Waals surface area contributed by atoms with Crippen LogP contribution in [0.4, 0.5) is 0 Å². The van der Waals surface area contributed by atoms with Crippen molar-refractivity contribution in [3.8, 4) is 5.69 Å². The Morgan fingerprint density at radius 1 is 1.16 bits per heavy atom. The van der Waals surface area contributed by atoms with Gasteiger partial charge in [-0.15, -0.1) is 0 Å². The standard InChI is InChI=1S/C14H13ClN4/c15-10-3-5-11(6-4-10)19-13(7-8-16)18-12-2-1-9-17-14(12)19/h1-6,9H,7-8,16H2. The number of benzene rings is 1. The number of nitrogens with zero attached hydrogens (tertiary/aromatic N) is 3. The fourth-order valence-corrected chi connectivity index (χ4v) is 2.24. The molecule has 96 valence electrons. The summed E-state index contributed by atoms with van der Waals surface area (Å²) in [6.45, 7) is 0.552. The zero-order chi connectivity index (χ0) is 13.2. The van der Waals surface area contributed by atoms with Gasteiger partial charge in [0.2, 0.25) is 0 Å². The molecule has 0 amide bonds. The normalized spacial score (nSPS) is 11.1. The first-order chi connectivity index (χ1) is 9.29. The molecule has 3 rings (SSSR count). The van der Waals surface area contributed by atoms with Crippen LogP contribution in [0.25, 0.3) is 16.9 Å². The molecule has 0 saturated carbocycles. The first-order valence-electron chi connectivity index (χ1n) is 6.08. The molecule has 0 radical (unpaired) electrons. The van der Waals surface area contributed by atoms with Gasteiger partial charge in [0.1, 0.15) is 11.3 Å². The van der Waals surface area contributed by atoms with Crippen molar-refractivity contribution in [2.75, 3.05) is 6.54 Å². The second-order valence-corrected chi connectivity index (χ2v) is 4.66. The molecule has 2 heterocycles. The summed E-state index contributed by atoms with van der Waals surface area (Å²) in [7, 11) is 0. The summed E-state index contributed by atoms with van der Waals surface area (Å²) >= 11 is 5.93. The van der Waals surface area contributed by atoms with Crippen LogP contribution >= 0.6 is 11.6 Å². The average molecular weight is 273 g/mol. The molecule has 0 bridgehead atoms. The predicted molar refractivity (Wildman–Crippen MR) is 76.6 cm³/mol. The van der Waals surface area contributed by atoms with E-state index >= 15 is 0 Å². The van der Waals surface area contributed by atoms with Crippen molar-refractivity contribution in [1.82, 2.24) is 14.5 Å². The van der Waals surface area contributed by atoms with E-state index in [0.29, 0.717) is 18.0 Å². The van der Waals surface area contributed by atoms with Crippen LogP contribution in [0.3, 0.4) is 0 Å². The molecule has 1 aromatic carbocycles. The van der Waals surface area contributed by atoms with Gasteiger partial charge in [0.05, 0.1) is 0 Å². The molecule has 2 aromatic heterocycles. The number of imidazole rings is 1. The lowest BCUT2D eigenvalue weighted by Gasteiger charge is -2.08. The Morgan fingerprint density at radius 3 is 2.68 bits per heavy atom. The van der Waals surface area contributed by atoms with Gasteiger partial charge in [-0.3, -0.25) is 4.57 Å². The summed E-state index contributed by atoms with van der Waals surface area (Å²) in [6, 6.07) is 11.5. The quantitative estimate of drug-likeness (QED) is 0.797. The van der Waals surface area contributed by atoms with E-state index < -0.39 is 0 Å². The van der Waals surface area contributed by atoms with Crippen LogP contribution in [-0.2, 0) is 6.42 Å². The molecule has 3 aromatic rings. The Hall–Kier alpha value is -1.91. The van der Waals surface area contributed by atoms with Crippen molar-refractivity contribution in [3.63, 3.8) is 0 Å². The maximum absolute atomic E-state index is 5.93. The molecule has 0 atom stereocenters. The smallest absolute Gasteiger partial charge is 0.164 e. The third-order valence-electron chi connectivity index (χ3n) is 2.94. The van der Waals surface area contributed by atoms with Gasteiger partial charge in [-0.05, 0) is 42.9 Å². The molecule has 0 fully saturated rings. The van der Waals surface area contributed by atoms with Crippen molar-refractivity contribution in [2.24, 2.45) is 5.73 Å². The zero-order valence-corrected chi connectivity index (χ0v) is 11.0. The summed E-state index contributed by atoms with van der Waals surface area (Å²) in [4.78, 5) is 9.00. The van der Waals surface area contributed by atoms with Crippen molar-refractivity contribution < 1.29 is 0 Å². The molecule has 0 spiro atoms. The number of hydrogen-bond donors (Lipinski definition) is 1. The highest BCUT2D eigenvalue weighted by molar-refractivity contribution is 6.30. The van der Waals surface area contributed by atoms with E-state index in [1.54, 1.807) is 6.20 Å². The highest BCUT2D eigenvalue weighted by Crippen LogP contribution is 2.21. The molecular formula is C14H13ClN4. The maximum atomic E-state index is 5.93. The second-order valence-electron chi connectivity index (χ2n) is 4.22. The van der Waals surface area contributed by atoms with Crippen LogP contribution in [0.2, 0.25) is 5.02 Å². The van der Waals surface area contributed by atoms with Crippen molar-refractivity contribution in [3.05, 3.63) is 53.4 Å². The SMILES string of the molecule is NCCc1nc2cccnc2n1-c1ccc(Cl)cc1. The van der Waals surface area contributed by atoms with E-state index in [-0.39, 0.29) is 0 Å². The number of rotatable bonds is 3. The van der Waals surface area contributed by atoms with Crippen molar-refractivity contribution in [1.29, 1.82) is 0 Å². The van der Waals surface area contributed by atoms with Gasteiger partial charge >= 0.3 is 0 Å². The molecule has 19 heavy (non-hydrogen) atoms. The third kappa shape index (κ3) is 2.20. The van der Waals surface area contributed by atoms with Crippen LogP contribution in [0.1, 0.15) is 5.82 Å². The summed E-state index contributed by atoms with van der Waals surface area (Å²) in [5.41, 5.74) is 8.37. The molecule has 0 unspecified atom stereocenters. The van der Waals surface area contributed by atoms with Crippen LogP contribution in [-0.4, -0.2) is 21.1 Å². The maximum Gasteiger partial charge on any atom is 0.164 e. The number of fused-ring (bicyclic) bond motifs is 1. The van der Waals surface area contributed by atoms with E-state index in [1.807, 2.05) is 41.0 Å². The van der Waals surface area contributed by atoms with Gasteiger partial charge in [-0.25, -0.2) is 9.97 Å². The minimum atomic E-state index is 0.552. The van der Waals surface area contributed by atoms with Crippen molar-refractivity contribution >= 4 is 22.8 Å². The van der Waals surface area contributed by atoms with Gasteiger partial charge < -0.3 is 5.73 Å². The van der Waals surface area contributed by atoms with E-state index in [1.165, 1.54) is 0 Å². The lowest BCUT2D eigenvalue weighted by atomic mass is 10.3. The molecule has 0 aliphatic carbocycles. The topological polar surface area (TPSA) is 56.7 Å². The molecule has 2 N–H and O–H groups in total. The fraction of sp³-hybridized carbons (Fsp3) is 0.143. The largest absolute Gasteiger partial charge is 0.330 e. The van der Waals surface area contributed by atoms with Gasteiger partial charge in [0, 0.05) is 23.3 Å². The van der Waals surface area contributed by atoms with Gasteiger partial charge in [-0.1, -0.05) is 11.6 Å². The molecule has 0 aliphatic rings. The summed E-state index contributed by atoms with van der Waals surface area (Å²) in [5, 5.41) is 0.710. The third-order valence-corrected chi connectivity index (χ3v) is 3.19. The predicted octanol–water partition coefficient (Wildman–Crippen LogP) is 2.58. The van der Waals surface area contributed by atoms with E-state index in [9.17, 15) is 0 Å². The Kier molecular flexibility index (Phi) is 3.19. The van der Waals surface area contributed by atoms with Crippen LogP contribution in [0, 0.1) is 0 Å². The lowest BCUT2D eigenvalue weighted by molar-refractivity contribution is 0.844. The number of hydrogen-bond acceptors (Lipinski definition) is 3. The Balaban J connectivity index is 2.24. The van der Waals surface area contributed by atoms with Crippen LogP contribution < -0.4 is 5.73 Å². The Bertz CT molecular complexity index is 703. The molecule has 4 nitrogen and oxygen atoms in total. The van der Waals surface area contributed by atoms with E-state index in [2.05, 4.69) is 9.97 Å². The number of pyridine rings is 1. The number of aromatic nitrogens is 3. The summed E-state index contributed by atoms with van der Waals surface area (Å²) in [5.74, 6) is 0.915. The highest BCUT2D eigenvalue weighted by Gasteiger charge is 2.12. The average Bonchev–Trinajstić information content (AvgIpc) is 2.78. The Morgan fingerprint density at radius 2 is 1.95 bits per heavy atom. The molecular weight excluding hydrogens is 260 g/mol.